The van der Waals surface area contributed by atoms with E-state index >= 15 is 0 Å². The summed E-state index contributed by atoms with van der Waals surface area (Å²) in [4.78, 5) is 8.56. The van der Waals surface area contributed by atoms with E-state index in [1.54, 1.807) is 36.5 Å². The fourth-order valence-electron chi connectivity index (χ4n) is 1.52. The summed E-state index contributed by atoms with van der Waals surface area (Å²) < 4.78 is 0. The van der Waals surface area contributed by atoms with Crippen molar-refractivity contribution >= 4 is 17.5 Å². The van der Waals surface area contributed by atoms with Gasteiger partial charge in [-0.25, -0.2) is 4.98 Å². The first-order valence-electron chi connectivity index (χ1n) is 6.10. The summed E-state index contributed by atoms with van der Waals surface area (Å²) in [6.45, 7) is 6.16. The molecule has 0 aliphatic heterocycles. The molecule has 0 saturated heterocycles. The van der Waals surface area contributed by atoms with Crippen LogP contribution in [0.3, 0.4) is 0 Å². The zero-order valence-electron chi connectivity index (χ0n) is 11.3. The van der Waals surface area contributed by atoms with Crippen molar-refractivity contribution in [1.29, 1.82) is 0 Å². The number of hydrogen-bond acceptors (Lipinski definition) is 5. The van der Waals surface area contributed by atoms with Gasteiger partial charge in [-0.1, -0.05) is 0 Å². The predicted octanol–water partition coefficient (Wildman–Crippen LogP) is 3.14. The number of rotatable bonds is 3. The van der Waals surface area contributed by atoms with E-state index in [1.165, 1.54) is 0 Å². The van der Waals surface area contributed by atoms with Crippen molar-refractivity contribution in [3.63, 3.8) is 0 Å². The maximum absolute atomic E-state index is 9.23. The Morgan fingerprint density at radius 1 is 1.05 bits per heavy atom. The third kappa shape index (κ3) is 4.13. The van der Waals surface area contributed by atoms with E-state index in [0.29, 0.717) is 11.8 Å². The summed E-state index contributed by atoms with van der Waals surface area (Å²) in [6.07, 6.45) is 1.70. The molecular weight excluding hydrogens is 240 g/mol. The van der Waals surface area contributed by atoms with Gasteiger partial charge >= 0.3 is 0 Å². The summed E-state index contributed by atoms with van der Waals surface area (Å²) >= 11 is 0. The zero-order chi connectivity index (χ0) is 13.9. The summed E-state index contributed by atoms with van der Waals surface area (Å²) in [7, 11) is 0. The third-order valence-electron chi connectivity index (χ3n) is 2.28. The molecule has 1 aromatic heterocycles. The molecule has 0 amide bonds. The predicted molar refractivity (Wildman–Crippen MR) is 76.8 cm³/mol. The van der Waals surface area contributed by atoms with E-state index < -0.39 is 0 Å². The summed E-state index contributed by atoms with van der Waals surface area (Å²) in [5.41, 5.74) is 0.773. The zero-order valence-corrected chi connectivity index (χ0v) is 11.3. The topological polar surface area (TPSA) is 70.1 Å². The Hall–Kier alpha value is -2.30. The van der Waals surface area contributed by atoms with Crippen LogP contribution in [0, 0.1) is 0 Å². The number of aromatic hydroxyl groups is 1. The Morgan fingerprint density at radius 2 is 1.74 bits per heavy atom. The molecule has 5 heteroatoms. The minimum absolute atomic E-state index is 0.0862. The molecule has 0 radical (unpaired) electrons. The SMILES string of the molecule is CC(C)(C)Nc1nccc(Nc2ccc(O)cc2)n1. The Balaban J connectivity index is 2.13. The lowest BCUT2D eigenvalue weighted by Gasteiger charge is -2.20. The quantitative estimate of drug-likeness (QED) is 0.738. The van der Waals surface area contributed by atoms with Crippen LogP contribution in [0.5, 0.6) is 5.75 Å². The van der Waals surface area contributed by atoms with Gasteiger partial charge in [-0.05, 0) is 51.1 Å². The Kier molecular flexibility index (Phi) is 3.55. The molecule has 0 spiro atoms. The molecule has 0 atom stereocenters. The molecule has 0 unspecified atom stereocenters. The second-order valence-electron chi connectivity index (χ2n) is 5.31. The van der Waals surface area contributed by atoms with Crippen LogP contribution >= 0.6 is 0 Å². The van der Waals surface area contributed by atoms with Crippen LogP contribution in [0.4, 0.5) is 17.5 Å². The minimum atomic E-state index is -0.0862. The van der Waals surface area contributed by atoms with Gasteiger partial charge in [0.1, 0.15) is 11.6 Å². The van der Waals surface area contributed by atoms with Gasteiger partial charge < -0.3 is 15.7 Å². The highest BCUT2D eigenvalue weighted by atomic mass is 16.3. The lowest BCUT2D eigenvalue weighted by atomic mass is 10.1. The first-order chi connectivity index (χ1) is 8.92. The molecule has 5 nitrogen and oxygen atoms in total. The molecule has 0 saturated carbocycles. The number of benzene rings is 1. The van der Waals surface area contributed by atoms with Crippen LogP contribution in [0.25, 0.3) is 0 Å². The second kappa shape index (κ2) is 5.14. The molecule has 0 bridgehead atoms. The van der Waals surface area contributed by atoms with E-state index in [4.69, 9.17) is 0 Å². The highest BCUT2D eigenvalue weighted by Crippen LogP contribution is 2.19. The number of phenolic OH excluding ortho intramolecular Hbond substituents is 1. The van der Waals surface area contributed by atoms with Gasteiger partial charge in [0, 0.05) is 17.4 Å². The average molecular weight is 258 g/mol. The fraction of sp³-hybridized carbons (Fsp3) is 0.286. The highest BCUT2D eigenvalue weighted by molar-refractivity contribution is 5.57. The summed E-state index contributed by atoms with van der Waals surface area (Å²) in [5, 5.41) is 15.6. The molecule has 0 aliphatic rings. The number of anilines is 3. The standard InChI is InChI=1S/C14H18N4O/c1-14(2,3)18-13-15-9-8-12(17-13)16-10-4-6-11(19)7-5-10/h4-9,19H,1-3H3,(H2,15,16,17,18). The van der Waals surface area contributed by atoms with Crippen molar-refractivity contribution in [1.82, 2.24) is 9.97 Å². The molecule has 0 fully saturated rings. The van der Waals surface area contributed by atoms with E-state index in [-0.39, 0.29) is 11.3 Å². The van der Waals surface area contributed by atoms with Crippen molar-refractivity contribution in [3.8, 4) is 5.75 Å². The van der Waals surface area contributed by atoms with Gasteiger partial charge in [-0.3, -0.25) is 0 Å². The smallest absolute Gasteiger partial charge is 0.225 e. The molecule has 1 heterocycles. The molecule has 19 heavy (non-hydrogen) atoms. The van der Waals surface area contributed by atoms with E-state index in [1.807, 2.05) is 0 Å². The fourth-order valence-corrected chi connectivity index (χ4v) is 1.52. The van der Waals surface area contributed by atoms with Gasteiger partial charge in [-0.15, -0.1) is 0 Å². The van der Waals surface area contributed by atoms with Crippen LogP contribution in [0.1, 0.15) is 20.8 Å². The molecule has 0 aliphatic carbocycles. The lowest BCUT2D eigenvalue weighted by molar-refractivity contribution is 0.475. The lowest BCUT2D eigenvalue weighted by Crippen LogP contribution is -2.27. The molecule has 2 aromatic rings. The first kappa shape index (κ1) is 13.1. The maximum Gasteiger partial charge on any atom is 0.225 e. The normalized spacial score (nSPS) is 11.1. The van der Waals surface area contributed by atoms with Crippen molar-refractivity contribution in [2.45, 2.75) is 26.3 Å². The monoisotopic (exact) mass is 258 g/mol. The Bertz CT molecular complexity index is 546. The van der Waals surface area contributed by atoms with Gasteiger partial charge in [0.2, 0.25) is 5.95 Å². The molecule has 1 aromatic carbocycles. The van der Waals surface area contributed by atoms with Crippen LogP contribution in [-0.4, -0.2) is 20.6 Å². The molecule has 100 valence electrons. The number of phenols is 1. The van der Waals surface area contributed by atoms with Gasteiger partial charge in [-0.2, -0.15) is 4.98 Å². The van der Waals surface area contributed by atoms with Gasteiger partial charge in [0.05, 0.1) is 0 Å². The van der Waals surface area contributed by atoms with Gasteiger partial charge in [0.25, 0.3) is 0 Å². The average Bonchev–Trinajstić information content (AvgIpc) is 2.30. The van der Waals surface area contributed by atoms with Crippen molar-refractivity contribution in [3.05, 3.63) is 36.5 Å². The largest absolute Gasteiger partial charge is 0.508 e. The summed E-state index contributed by atoms with van der Waals surface area (Å²) in [6, 6.07) is 8.61. The summed E-state index contributed by atoms with van der Waals surface area (Å²) in [5.74, 6) is 1.52. The van der Waals surface area contributed by atoms with Crippen molar-refractivity contribution < 1.29 is 5.11 Å². The van der Waals surface area contributed by atoms with Crippen molar-refractivity contribution in [2.24, 2.45) is 0 Å². The molecular formula is C14H18N4O. The second-order valence-corrected chi connectivity index (χ2v) is 5.31. The Morgan fingerprint density at radius 3 is 2.37 bits per heavy atom. The highest BCUT2D eigenvalue weighted by Gasteiger charge is 2.11. The number of nitrogens with one attached hydrogen (secondary N) is 2. The third-order valence-corrected chi connectivity index (χ3v) is 2.28. The molecule has 2 rings (SSSR count). The van der Waals surface area contributed by atoms with Crippen LogP contribution in [0.2, 0.25) is 0 Å². The van der Waals surface area contributed by atoms with Crippen LogP contribution < -0.4 is 10.6 Å². The molecule has 3 N–H and O–H groups in total. The van der Waals surface area contributed by atoms with Gasteiger partial charge in [0.15, 0.2) is 0 Å². The minimum Gasteiger partial charge on any atom is -0.508 e. The van der Waals surface area contributed by atoms with Crippen LogP contribution in [-0.2, 0) is 0 Å². The maximum atomic E-state index is 9.23. The first-order valence-corrected chi connectivity index (χ1v) is 6.10. The van der Waals surface area contributed by atoms with Crippen LogP contribution in [0.15, 0.2) is 36.5 Å². The number of aromatic nitrogens is 2. The van der Waals surface area contributed by atoms with E-state index in [9.17, 15) is 5.11 Å². The van der Waals surface area contributed by atoms with Crippen molar-refractivity contribution in [2.75, 3.05) is 10.6 Å². The number of hydrogen-bond donors (Lipinski definition) is 3. The van der Waals surface area contributed by atoms with E-state index in [2.05, 4.69) is 41.4 Å². The number of nitrogens with zero attached hydrogens (tertiary/aromatic N) is 2. The Labute approximate surface area is 112 Å². The van der Waals surface area contributed by atoms with E-state index in [0.717, 1.165) is 5.69 Å².